The first kappa shape index (κ1) is 12.1. The summed E-state index contributed by atoms with van der Waals surface area (Å²) in [6, 6.07) is 11.9. The van der Waals surface area contributed by atoms with Crippen LogP contribution >= 0.6 is 15.9 Å². The molecule has 17 heavy (non-hydrogen) atoms. The largest absolute Gasteiger partial charge is 0.380 e. The molecule has 2 rings (SSSR count). The van der Waals surface area contributed by atoms with Gasteiger partial charge in [-0.05, 0) is 45.8 Å². The maximum atomic E-state index is 5.10. The van der Waals surface area contributed by atoms with Crippen LogP contribution in [-0.4, -0.2) is 12.1 Å². The number of methoxy groups -OCH3 is 1. The van der Waals surface area contributed by atoms with Gasteiger partial charge in [0.05, 0.1) is 11.1 Å². The predicted molar refractivity (Wildman–Crippen MR) is 72.4 cm³/mol. The summed E-state index contributed by atoms with van der Waals surface area (Å²) in [6.07, 6.45) is 1.76. The van der Waals surface area contributed by atoms with Gasteiger partial charge in [-0.15, -0.1) is 0 Å². The number of hydrogen-bond acceptors (Lipinski definition) is 3. The standard InChI is InChI=1S/C13H13BrN2O/c1-17-9-10-4-2-5-11(8-10)16-13-12(14)6-3-7-15-13/h2-8H,9H2,1H3,(H,15,16). The number of nitrogens with one attached hydrogen (secondary N) is 1. The van der Waals surface area contributed by atoms with E-state index in [1.54, 1.807) is 13.3 Å². The molecule has 0 saturated heterocycles. The van der Waals surface area contributed by atoms with E-state index in [0.717, 1.165) is 21.5 Å². The van der Waals surface area contributed by atoms with E-state index < -0.39 is 0 Å². The number of benzene rings is 1. The van der Waals surface area contributed by atoms with Crippen molar-refractivity contribution in [3.8, 4) is 0 Å². The van der Waals surface area contributed by atoms with Crippen molar-refractivity contribution in [2.45, 2.75) is 6.61 Å². The van der Waals surface area contributed by atoms with Crippen molar-refractivity contribution < 1.29 is 4.74 Å². The molecule has 0 spiro atoms. The monoisotopic (exact) mass is 292 g/mol. The van der Waals surface area contributed by atoms with Crippen LogP contribution in [0.3, 0.4) is 0 Å². The van der Waals surface area contributed by atoms with Gasteiger partial charge in [-0.2, -0.15) is 0 Å². The summed E-state index contributed by atoms with van der Waals surface area (Å²) in [7, 11) is 1.69. The van der Waals surface area contributed by atoms with E-state index in [9.17, 15) is 0 Å². The second-order valence-corrected chi connectivity index (χ2v) is 4.45. The molecule has 2 aromatic rings. The molecule has 0 aliphatic heterocycles. The lowest BCUT2D eigenvalue weighted by Crippen LogP contribution is -1.95. The fourth-order valence-corrected chi connectivity index (χ4v) is 1.87. The van der Waals surface area contributed by atoms with E-state index in [4.69, 9.17) is 4.74 Å². The molecule has 1 N–H and O–H groups in total. The Bertz CT molecular complexity index is 502. The molecule has 3 nitrogen and oxygen atoms in total. The van der Waals surface area contributed by atoms with Gasteiger partial charge in [-0.3, -0.25) is 0 Å². The van der Waals surface area contributed by atoms with Gasteiger partial charge in [-0.25, -0.2) is 4.98 Å². The van der Waals surface area contributed by atoms with Gasteiger partial charge in [0.2, 0.25) is 0 Å². The highest BCUT2D eigenvalue weighted by atomic mass is 79.9. The Hall–Kier alpha value is -1.39. The molecule has 1 aromatic carbocycles. The summed E-state index contributed by atoms with van der Waals surface area (Å²) in [6.45, 7) is 0.610. The summed E-state index contributed by atoms with van der Waals surface area (Å²) in [4.78, 5) is 4.26. The Morgan fingerprint density at radius 3 is 2.94 bits per heavy atom. The first-order valence-corrected chi connectivity index (χ1v) is 6.04. The number of ether oxygens (including phenoxy) is 1. The summed E-state index contributed by atoms with van der Waals surface area (Å²) < 4.78 is 6.05. The minimum atomic E-state index is 0.610. The van der Waals surface area contributed by atoms with Gasteiger partial charge in [0.25, 0.3) is 0 Å². The zero-order valence-corrected chi connectivity index (χ0v) is 11.1. The number of pyridine rings is 1. The third kappa shape index (κ3) is 3.28. The van der Waals surface area contributed by atoms with Crippen LogP contribution in [0.15, 0.2) is 47.1 Å². The third-order valence-electron chi connectivity index (χ3n) is 2.26. The average Bonchev–Trinajstić information content (AvgIpc) is 2.33. The molecule has 0 bridgehead atoms. The van der Waals surface area contributed by atoms with Crippen molar-refractivity contribution in [1.82, 2.24) is 4.98 Å². The number of aromatic nitrogens is 1. The molecule has 1 heterocycles. The van der Waals surface area contributed by atoms with Crippen LogP contribution in [0.2, 0.25) is 0 Å². The van der Waals surface area contributed by atoms with E-state index in [1.807, 2.05) is 36.4 Å². The number of nitrogens with zero attached hydrogens (tertiary/aromatic N) is 1. The van der Waals surface area contributed by atoms with Crippen LogP contribution < -0.4 is 5.32 Å². The molecule has 88 valence electrons. The van der Waals surface area contributed by atoms with Crippen molar-refractivity contribution in [2.75, 3.05) is 12.4 Å². The minimum Gasteiger partial charge on any atom is -0.380 e. The van der Waals surface area contributed by atoms with Gasteiger partial charge >= 0.3 is 0 Å². The molecule has 0 radical (unpaired) electrons. The molecule has 1 aromatic heterocycles. The molecular formula is C13H13BrN2O. The van der Waals surface area contributed by atoms with Gasteiger partial charge < -0.3 is 10.1 Å². The molecule has 0 unspecified atom stereocenters. The smallest absolute Gasteiger partial charge is 0.144 e. The second kappa shape index (κ2) is 5.80. The highest BCUT2D eigenvalue weighted by Crippen LogP contribution is 2.23. The summed E-state index contributed by atoms with van der Waals surface area (Å²) in [5, 5.41) is 3.26. The van der Waals surface area contributed by atoms with E-state index in [-0.39, 0.29) is 0 Å². The highest BCUT2D eigenvalue weighted by Gasteiger charge is 2.01. The molecule has 0 aliphatic carbocycles. The maximum Gasteiger partial charge on any atom is 0.144 e. The van der Waals surface area contributed by atoms with Gasteiger partial charge in [0, 0.05) is 19.0 Å². The van der Waals surface area contributed by atoms with Crippen LogP contribution in [0.5, 0.6) is 0 Å². The second-order valence-electron chi connectivity index (χ2n) is 3.59. The van der Waals surface area contributed by atoms with Crippen molar-refractivity contribution in [1.29, 1.82) is 0 Å². The predicted octanol–water partition coefficient (Wildman–Crippen LogP) is 3.73. The lowest BCUT2D eigenvalue weighted by Gasteiger charge is -2.08. The molecule has 0 fully saturated rings. The molecule has 0 atom stereocenters. The van der Waals surface area contributed by atoms with Crippen LogP contribution in [0.1, 0.15) is 5.56 Å². The van der Waals surface area contributed by atoms with Crippen molar-refractivity contribution in [3.63, 3.8) is 0 Å². The lowest BCUT2D eigenvalue weighted by atomic mass is 10.2. The van der Waals surface area contributed by atoms with Crippen LogP contribution in [0, 0.1) is 0 Å². The fraction of sp³-hybridized carbons (Fsp3) is 0.154. The average molecular weight is 293 g/mol. The van der Waals surface area contributed by atoms with Gasteiger partial charge in [0.15, 0.2) is 0 Å². The highest BCUT2D eigenvalue weighted by molar-refractivity contribution is 9.10. The molecule has 0 saturated carbocycles. The van der Waals surface area contributed by atoms with Crippen LogP contribution in [0.4, 0.5) is 11.5 Å². The summed E-state index contributed by atoms with van der Waals surface area (Å²) in [5.41, 5.74) is 2.13. The van der Waals surface area contributed by atoms with Crippen molar-refractivity contribution >= 4 is 27.4 Å². The Balaban J connectivity index is 2.18. The molecule has 0 amide bonds. The zero-order chi connectivity index (χ0) is 12.1. The lowest BCUT2D eigenvalue weighted by molar-refractivity contribution is 0.185. The first-order chi connectivity index (χ1) is 8.29. The Kier molecular flexibility index (Phi) is 4.12. The number of rotatable bonds is 4. The number of anilines is 2. The van der Waals surface area contributed by atoms with Crippen LogP contribution in [-0.2, 0) is 11.3 Å². The molecule has 0 aliphatic rings. The van der Waals surface area contributed by atoms with Gasteiger partial charge in [0.1, 0.15) is 5.82 Å². The van der Waals surface area contributed by atoms with Crippen molar-refractivity contribution in [2.24, 2.45) is 0 Å². The Labute approximate surface area is 109 Å². The van der Waals surface area contributed by atoms with E-state index in [0.29, 0.717) is 6.61 Å². The van der Waals surface area contributed by atoms with E-state index in [2.05, 4.69) is 26.2 Å². The molecule has 4 heteroatoms. The maximum absolute atomic E-state index is 5.10. The third-order valence-corrected chi connectivity index (χ3v) is 2.90. The van der Waals surface area contributed by atoms with Crippen LogP contribution in [0.25, 0.3) is 0 Å². The summed E-state index contributed by atoms with van der Waals surface area (Å²) >= 11 is 3.45. The SMILES string of the molecule is COCc1cccc(Nc2ncccc2Br)c1. The zero-order valence-electron chi connectivity index (χ0n) is 9.48. The normalized spacial score (nSPS) is 10.2. The summed E-state index contributed by atoms with van der Waals surface area (Å²) in [5.74, 6) is 0.807. The fourth-order valence-electron chi connectivity index (χ4n) is 1.52. The van der Waals surface area contributed by atoms with E-state index in [1.165, 1.54) is 0 Å². The number of halogens is 1. The molecular weight excluding hydrogens is 280 g/mol. The van der Waals surface area contributed by atoms with Gasteiger partial charge in [-0.1, -0.05) is 12.1 Å². The number of hydrogen-bond donors (Lipinski definition) is 1. The Morgan fingerprint density at radius 1 is 1.29 bits per heavy atom. The van der Waals surface area contributed by atoms with Crippen molar-refractivity contribution in [3.05, 3.63) is 52.6 Å². The quantitative estimate of drug-likeness (QED) is 0.932. The first-order valence-electron chi connectivity index (χ1n) is 5.25. The topological polar surface area (TPSA) is 34.1 Å². The minimum absolute atomic E-state index is 0.610. The van der Waals surface area contributed by atoms with E-state index >= 15 is 0 Å². The Morgan fingerprint density at radius 2 is 2.18 bits per heavy atom.